The lowest BCUT2D eigenvalue weighted by Gasteiger charge is -2.33. The van der Waals surface area contributed by atoms with Crippen LogP contribution in [0.15, 0.2) is 29.4 Å². The number of piperidine rings is 1. The first-order chi connectivity index (χ1) is 15.4. The van der Waals surface area contributed by atoms with Crippen LogP contribution in [-0.4, -0.2) is 49.2 Å². The van der Waals surface area contributed by atoms with E-state index in [9.17, 15) is 4.79 Å². The number of amides is 1. The molecule has 2 aromatic heterocycles. The van der Waals surface area contributed by atoms with Crippen molar-refractivity contribution in [1.82, 2.24) is 29.8 Å². The van der Waals surface area contributed by atoms with Crippen molar-refractivity contribution in [1.29, 1.82) is 0 Å². The Labute approximate surface area is 194 Å². The zero-order valence-corrected chi connectivity index (χ0v) is 20.2. The lowest BCUT2D eigenvalue weighted by Crippen LogP contribution is -2.36. The van der Waals surface area contributed by atoms with E-state index in [1.165, 1.54) is 43.1 Å². The third-order valence-corrected chi connectivity index (χ3v) is 6.93. The topological polar surface area (TPSA) is 75.4 Å². The van der Waals surface area contributed by atoms with E-state index in [2.05, 4.69) is 56.5 Å². The van der Waals surface area contributed by atoms with Gasteiger partial charge in [0.25, 0.3) is 5.78 Å². The van der Waals surface area contributed by atoms with Crippen molar-refractivity contribution in [3.05, 3.63) is 52.3 Å². The second-order valence-electron chi connectivity index (χ2n) is 8.66. The summed E-state index contributed by atoms with van der Waals surface area (Å²) in [5.41, 5.74) is 5.07. The molecule has 1 aliphatic rings. The van der Waals surface area contributed by atoms with E-state index in [0.29, 0.717) is 23.5 Å². The highest BCUT2D eigenvalue weighted by Crippen LogP contribution is 2.20. The molecule has 170 valence electrons. The number of benzene rings is 1. The van der Waals surface area contributed by atoms with Gasteiger partial charge in [0, 0.05) is 36.1 Å². The number of rotatable bonds is 7. The van der Waals surface area contributed by atoms with Gasteiger partial charge in [0.1, 0.15) is 0 Å². The third-order valence-electron chi connectivity index (χ3n) is 6.39. The van der Waals surface area contributed by atoms with Crippen LogP contribution < -0.4 is 5.32 Å². The fourth-order valence-electron chi connectivity index (χ4n) is 4.35. The molecule has 1 amide bonds. The summed E-state index contributed by atoms with van der Waals surface area (Å²) in [6, 6.07) is 9.26. The molecule has 1 aliphatic heterocycles. The van der Waals surface area contributed by atoms with Gasteiger partial charge in [-0.3, -0.25) is 9.69 Å². The van der Waals surface area contributed by atoms with Crippen molar-refractivity contribution in [2.75, 3.05) is 12.8 Å². The second-order valence-corrected chi connectivity index (χ2v) is 9.43. The molecule has 3 heterocycles. The van der Waals surface area contributed by atoms with Crippen LogP contribution in [-0.2, 0) is 24.3 Å². The van der Waals surface area contributed by atoms with Crippen molar-refractivity contribution in [3.8, 4) is 0 Å². The summed E-state index contributed by atoms with van der Waals surface area (Å²) in [5.74, 6) is 0.557. The Morgan fingerprint density at radius 2 is 1.91 bits per heavy atom. The molecule has 0 radical (unpaired) electrons. The maximum Gasteiger partial charge on any atom is 0.253 e. The normalized spacial score (nSPS) is 17.1. The molecule has 1 saturated heterocycles. The van der Waals surface area contributed by atoms with Gasteiger partial charge in [0.05, 0.1) is 6.42 Å². The Hall–Kier alpha value is -2.45. The highest BCUT2D eigenvalue weighted by Gasteiger charge is 2.18. The van der Waals surface area contributed by atoms with E-state index in [0.717, 1.165) is 29.1 Å². The molecule has 8 heteroatoms. The molecule has 1 aromatic carbocycles. The molecule has 1 fully saturated rings. The van der Waals surface area contributed by atoms with Crippen LogP contribution >= 0.6 is 11.8 Å². The van der Waals surface area contributed by atoms with Gasteiger partial charge < -0.3 is 5.32 Å². The molecular formula is C24H32N6OS. The average molecular weight is 453 g/mol. The van der Waals surface area contributed by atoms with E-state index >= 15 is 0 Å². The molecular weight excluding hydrogens is 420 g/mol. The van der Waals surface area contributed by atoms with E-state index < -0.39 is 0 Å². The summed E-state index contributed by atoms with van der Waals surface area (Å²) < 4.78 is 1.73. The van der Waals surface area contributed by atoms with Gasteiger partial charge in [-0.05, 0) is 57.5 Å². The number of aryl methyl sites for hydroxylation is 2. The number of carbonyl (C=O) groups excluding carboxylic acids is 1. The summed E-state index contributed by atoms with van der Waals surface area (Å²) in [5, 5.41) is 8.19. The lowest BCUT2D eigenvalue weighted by atomic mass is 10.0. The molecule has 32 heavy (non-hydrogen) atoms. The lowest BCUT2D eigenvalue weighted by molar-refractivity contribution is -0.120. The summed E-state index contributed by atoms with van der Waals surface area (Å²) >= 11 is 1.48. The van der Waals surface area contributed by atoms with E-state index in [1.54, 1.807) is 4.52 Å². The molecule has 1 N–H and O–H groups in total. The number of carbonyl (C=O) groups is 1. The minimum Gasteiger partial charge on any atom is -0.352 e. The summed E-state index contributed by atoms with van der Waals surface area (Å²) in [4.78, 5) is 24.1. The van der Waals surface area contributed by atoms with Crippen LogP contribution in [0, 0.1) is 13.8 Å². The first kappa shape index (κ1) is 22.7. The average Bonchev–Trinajstić information content (AvgIpc) is 3.21. The minimum atomic E-state index is -0.0197. The van der Waals surface area contributed by atoms with Crippen LogP contribution in [0.1, 0.15) is 54.3 Å². The Balaban J connectivity index is 1.35. The standard InChI is InChI=1S/C24H32N6OS/c1-16-7-5-6-12-29(16)15-20-10-8-19(9-11-20)14-25-22(31)13-21-17(2)26-23-27-24(32-4)28-30(23)18(21)3/h8-11,16H,5-7,12-15H2,1-4H3,(H,25,31). The first-order valence-corrected chi connectivity index (χ1v) is 12.5. The Bertz CT molecular complexity index is 1090. The van der Waals surface area contributed by atoms with E-state index in [1.807, 2.05) is 20.1 Å². The quantitative estimate of drug-likeness (QED) is 0.551. The highest BCUT2D eigenvalue weighted by molar-refractivity contribution is 7.98. The van der Waals surface area contributed by atoms with Gasteiger partial charge in [0.2, 0.25) is 11.1 Å². The van der Waals surface area contributed by atoms with Crippen molar-refractivity contribution in [2.24, 2.45) is 0 Å². The first-order valence-electron chi connectivity index (χ1n) is 11.3. The number of aromatic nitrogens is 4. The Morgan fingerprint density at radius 1 is 1.16 bits per heavy atom. The van der Waals surface area contributed by atoms with Gasteiger partial charge in [0.15, 0.2) is 0 Å². The number of fused-ring (bicyclic) bond motifs is 1. The molecule has 7 nitrogen and oxygen atoms in total. The van der Waals surface area contributed by atoms with Crippen LogP contribution in [0.5, 0.6) is 0 Å². The van der Waals surface area contributed by atoms with Gasteiger partial charge in [-0.1, -0.05) is 42.4 Å². The maximum atomic E-state index is 12.7. The fraction of sp³-hybridized carbons (Fsp3) is 0.500. The molecule has 1 unspecified atom stereocenters. The molecule has 1 atom stereocenters. The molecule has 4 rings (SSSR count). The van der Waals surface area contributed by atoms with Crippen LogP contribution in [0.4, 0.5) is 0 Å². The van der Waals surface area contributed by atoms with Crippen molar-refractivity contribution in [3.63, 3.8) is 0 Å². The fourth-order valence-corrected chi connectivity index (χ4v) is 4.68. The summed E-state index contributed by atoms with van der Waals surface area (Å²) in [6.45, 7) is 8.92. The van der Waals surface area contributed by atoms with E-state index in [4.69, 9.17) is 0 Å². The van der Waals surface area contributed by atoms with Gasteiger partial charge in [-0.25, -0.2) is 9.50 Å². The molecule has 0 spiro atoms. The summed E-state index contributed by atoms with van der Waals surface area (Å²) in [6.07, 6.45) is 6.15. The van der Waals surface area contributed by atoms with Gasteiger partial charge >= 0.3 is 0 Å². The van der Waals surface area contributed by atoms with Gasteiger partial charge in [-0.15, -0.1) is 5.10 Å². The van der Waals surface area contributed by atoms with E-state index in [-0.39, 0.29) is 12.3 Å². The van der Waals surface area contributed by atoms with Crippen molar-refractivity contribution < 1.29 is 4.79 Å². The van der Waals surface area contributed by atoms with Crippen molar-refractivity contribution >= 4 is 23.4 Å². The SMILES string of the molecule is CSc1nc2nc(C)c(CC(=O)NCc3ccc(CN4CCCCC4C)cc3)c(C)n2n1. The number of nitrogens with one attached hydrogen (secondary N) is 1. The highest BCUT2D eigenvalue weighted by atomic mass is 32.2. The van der Waals surface area contributed by atoms with Crippen LogP contribution in [0.3, 0.4) is 0 Å². The Morgan fingerprint density at radius 3 is 2.62 bits per heavy atom. The smallest absolute Gasteiger partial charge is 0.253 e. The predicted octanol–water partition coefficient (Wildman–Crippen LogP) is 3.70. The zero-order valence-electron chi connectivity index (χ0n) is 19.4. The Kier molecular flexibility index (Phi) is 7.10. The molecule has 0 saturated carbocycles. The van der Waals surface area contributed by atoms with Crippen LogP contribution in [0.25, 0.3) is 5.78 Å². The van der Waals surface area contributed by atoms with Crippen LogP contribution in [0.2, 0.25) is 0 Å². The second kappa shape index (κ2) is 10.0. The largest absolute Gasteiger partial charge is 0.352 e. The number of hydrogen-bond donors (Lipinski definition) is 1. The number of likely N-dealkylation sites (tertiary alicyclic amines) is 1. The maximum absolute atomic E-state index is 12.7. The molecule has 0 bridgehead atoms. The summed E-state index contributed by atoms with van der Waals surface area (Å²) in [7, 11) is 0. The van der Waals surface area contributed by atoms with Gasteiger partial charge in [-0.2, -0.15) is 4.98 Å². The number of thioether (sulfide) groups is 1. The zero-order chi connectivity index (χ0) is 22.7. The van der Waals surface area contributed by atoms with Crippen molar-refractivity contribution in [2.45, 2.75) is 70.7 Å². The minimum absolute atomic E-state index is 0.0197. The predicted molar refractivity (Wildman–Crippen MR) is 128 cm³/mol. The monoisotopic (exact) mass is 452 g/mol. The third kappa shape index (κ3) is 5.13. The number of hydrogen-bond acceptors (Lipinski definition) is 6. The molecule has 0 aliphatic carbocycles. The number of nitrogens with zero attached hydrogens (tertiary/aromatic N) is 5. The molecule has 3 aromatic rings.